The smallest absolute Gasteiger partial charge is 0.347 e. The highest BCUT2D eigenvalue weighted by atomic mass is 31.2. The standard InChI is InChI=1S/C31H33N2O6P/c32-29(19-23-11-15-27(16-12-23)38-21-25-7-3-1-4-8-25)31(34)33-30(40(35,36)37)20-24-13-17-28(18-14-24)39-22-26-9-5-2-6-10-26/h1-18,29-30H,19-22,32H2,(H,33,34)(H2,35,36,37)/t29-,30+/m0/s1. The van der Waals surface area contributed by atoms with Gasteiger partial charge in [0.2, 0.25) is 5.91 Å². The molecule has 0 aliphatic carbocycles. The number of carbonyl (C=O) groups excluding carboxylic acids is 1. The van der Waals surface area contributed by atoms with Crippen LogP contribution in [0.5, 0.6) is 11.5 Å². The number of nitrogens with one attached hydrogen (secondary N) is 1. The van der Waals surface area contributed by atoms with Gasteiger partial charge in [0.1, 0.15) is 30.5 Å². The molecule has 0 aliphatic rings. The highest BCUT2D eigenvalue weighted by molar-refractivity contribution is 7.52. The summed E-state index contributed by atoms with van der Waals surface area (Å²) in [6, 6.07) is 32.7. The lowest BCUT2D eigenvalue weighted by atomic mass is 10.1. The molecule has 0 saturated carbocycles. The molecular formula is C31H33N2O6P. The first-order valence-electron chi connectivity index (χ1n) is 12.9. The van der Waals surface area contributed by atoms with Gasteiger partial charge >= 0.3 is 7.60 Å². The molecule has 4 aromatic carbocycles. The second-order valence-corrected chi connectivity index (χ2v) is 11.3. The molecule has 208 valence electrons. The zero-order valence-electron chi connectivity index (χ0n) is 21.9. The summed E-state index contributed by atoms with van der Waals surface area (Å²) in [6.07, 6.45) is 0.140. The average Bonchev–Trinajstić information content (AvgIpc) is 2.96. The van der Waals surface area contributed by atoms with Crippen LogP contribution in [0.25, 0.3) is 0 Å². The molecule has 4 aromatic rings. The largest absolute Gasteiger partial charge is 0.489 e. The summed E-state index contributed by atoms with van der Waals surface area (Å²) in [4.78, 5) is 32.6. The quantitative estimate of drug-likeness (QED) is 0.176. The van der Waals surface area contributed by atoms with E-state index in [-0.39, 0.29) is 12.8 Å². The SMILES string of the molecule is N[C@@H](Cc1ccc(OCc2ccccc2)cc1)C(=O)N[C@@H](Cc1ccc(OCc2ccccc2)cc1)P(=O)(O)O. The third-order valence-corrected chi connectivity index (χ3v) is 7.40. The Hall–Kier alpha value is -3.94. The number of rotatable bonds is 13. The average molecular weight is 561 g/mol. The third kappa shape index (κ3) is 9.07. The second-order valence-electron chi connectivity index (χ2n) is 9.46. The minimum absolute atomic E-state index is 0.0604. The van der Waals surface area contributed by atoms with E-state index in [1.54, 1.807) is 36.4 Å². The van der Waals surface area contributed by atoms with E-state index in [0.29, 0.717) is 30.3 Å². The van der Waals surface area contributed by atoms with Crippen molar-refractivity contribution >= 4 is 13.5 Å². The molecule has 0 heterocycles. The molecule has 2 atom stereocenters. The van der Waals surface area contributed by atoms with Crippen molar-refractivity contribution in [3.05, 3.63) is 131 Å². The van der Waals surface area contributed by atoms with Gasteiger partial charge in [-0.2, -0.15) is 0 Å². The summed E-state index contributed by atoms with van der Waals surface area (Å²) in [5, 5.41) is 2.45. The van der Waals surface area contributed by atoms with Crippen molar-refractivity contribution in [1.82, 2.24) is 5.32 Å². The van der Waals surface area contributed by atoms with E-state index >= 15 is 0 Å². The fourth-order valence-electron chi connectivity index (χ4n) is 4.02. The minimum Gasteiger partial charge on any atom is -0.489 e. The van der Waals surface area contributed by atoms with Crippen LogP contribution in [0.1, 0.15) is 22.3 Å². The Balaban J connectivity index is 1.28. The summed E-state index contributed by atoms with van der Waals surface area (Å²) in [6.45, 7) is 0.845. The predicted octanol–water partition coefficient (Wildman–Crippen LogP) is 4.58. The monoisotopic (exact) mass is 560 g/mol. The first kappa shape index (κ1) is 29.1. The molecule has 9 heteroatoms. The van der Waals surface area contributed by atoms with Crippen LogP contribution in [-0.2, 0) is 35.4 Å². The van der Waals surface area contributed by atoms with Gasteiger partial charge in [0.05, 0.1) is 6.04 Å². The lowest BCUT2D eigenvalue weighted by Gasteiger charge is -2.22. The fraction of sp³-hybridized carbons (Fsp3) is 0.194. The highest BCUT2D eigenvalue weighted by Gasteiger charge is 2.32. The molecule has 0 aromatic heterocycles. The number of hydrogen-bond acceptors (Lipinski definition) is 5. The zero-order valence-corrected chi connectivity index (χ0v) is 22.8. The number of hydrogen-bond donors (Lipinski definition) is 4. The van der Waals surface area contributed by atoms with E-state index in [0.717, 1.165) is 16.7 Å². The molecule has 0 aliphatic heterocycles. The summed E-state index contributed by atoms with van der Waals surface area (Å²) in [5.74, 6) is -0.733. The van der Waals surface area contributed by atoms with Crippen molar-refractivity contribution in [2.75, 3.05) is 0 Å². The normalized spacial score (nSPS) is 12.8. The Morgan fingerprint density at radius 1 is 0.675 bits per heavy atom. The van der Waals surface area contributed by atoms with E-state index in [2.05, 4.69) is 5.32 Å². The molecular weight excluding hydrogens is 527 g/mol. The van der Waals surface area contributed by atoms with Gasteiger partial charge in [-0.25, -0.2) is 0 Å². The van der Waals surface area contributed by atoms with Crippen molar-refractivity contribution in [2.45, 2.75) is 37.9 Å². The topological polar surface area (TPSA) is 131 Å². The van der Waals surface area contributed by atoms with Gasteiger partial charge in [0, 0.05) is 6.42 Å². The number of amides is 1. The Kier molecular flexibility index (Phi) is 10.1. The molecule has 0 bridgehead atoms. The zero-order chi connectivity index (χ0) is 28.4. The summed E-state index contributed by atoms with van der Waals surface area (Å²) >= 11 is 0. The van der Waals surface area contributed by atoms with Crippen LogP contribution in [-0.4, -0.2) is 27.5 Å². The van der Waals surface area contributed by atoms with Gasteiger partial charge in [-0.15, -0.1) is 0 Å². The first-order chi connectivity index (χ1) is 19.3. The Bertz CT molecular complexity index is 1390. The van der Waals surface area contributed by atoms with Crippen LogP contribution in [0.2, 0.25) is 0 Å². The summed E-state index contributed by atoms with van der Waals surface area (Å²) < 4.78 is 23.7. The van der Waals surface area contributed by atoms with E-state index in [1.165, 1.54) is 0 Å². The first-order valence-corrected chi connectivity index (χ1v) is 14.6. The van der Waals surface area contributed by atoms with E-state index < -0.39 is 25.3 Å². The lowest BCUT2D eigenvalue weighted by molar-refractivity contribution is -0.122. The molecule has 4 rings (SSSR count). The van der Waals surface area contributed by atoms with Crippen LogP contribution in [0.3, 0.4) is 0 Å². The Labute approximate surface area is 233 Å². The van der Waals surface area contributed by atoms with Crippen molar-refractivity contribution in [3.8, 4) is 11.5 Å². The van der Waals surface area contributed by atoms with Crippen LogP contribution in [0, 0.1) is 0 Å². The van der Waals surface area contributed by atoms with Gasteiger partial charge in [0.25, 0.3) is 0 Å². The molecule has 1 amide bonds. The van der Waals surface area contributed by atoms with Gasteiger partial charge < -0.3 is 30.3 Å². The number of ether oxygens (including phenoxy) is 2. The maximum absolute atomic E-state index is 12.8. The van der Waals surface area contributed by atoms with Crippen molar-refractivity contribution in [3.63, 3.8) is 0 Å². The number of nitrogens with two attached hydrogens (primary N) is 1. The van der Waals surface area contributed by atoms with Gasteiger partial charge in [-0.05, 0) is 52.9 Å². The lowest BCUT2D eigenvalue weighted by Crippen LogP contribution is -2.47. The van der Waals surface area contributed by atoms with Crippen LogP contribution in [0.4, 0.5) is 0 Å². The molecule has 5 N–H and O–H groups in total. The number of benzene rings is 4. The Morgan fingerprint density at radius 2 is 1.10 bits per heavy atom. The van der Waals surface area contributed by atoms with Gasteiger partial charge in [0.15, 0.2) is 0 Å². The summed E-state index contributed by atoms with van der Waals surface area (Å²) in [7, 11) is -4.66. The molecule has 40 heavy (non-hydrogen) atoms. The second kappa shape index (κ2) is 13.9. The van der Waals surface area contributed by atoms with Crippen LogP contribution >= 0.6 is 7.60 Å². The van der Waals surface area contributed by atoms with Crippen LogP contribution < -0.4 is 20.5 Å². The molecule has 0 spiro atoms. The predicted molar refractivity (Wildman–Crippen MR) is 154 cm³/mol. The van der Waals surface area contributed by atoms with Crippen molar-refractivity contribution in [2.24, 2.45) is 5.73 Å². The maximum Gasteiger partial charge on any atom is 0.347 e. The molecule has 8 nitrogen and oxygen atoms in total. The van der Waals surface area contributed by atoms with Gasteiger partial charge in [-0.1, -0.05) is 84.9 Å². The van der Waals surface area contributed by atoms with E-state index in [9.17, 15) is 19.1 Å². The fourth-order valence-corrected chi connectivity index (χ4v) is 4.76. The number of carbonyl (C=O) groups is 1. The molecule has 0 saturated heterocycles. The van der Waals surface area contributed by atoms with Gasteiger partial charge in [-0.3, -0.25) is 9.36 Å². The van der Waals surface area contributed by atoms with E-state index in [4.69, 9.17) is 15.2 Å². The maximum atomic E-state index is 12.8. The molecule has 0 unspecified atom stereocenters. The van der Waals surface area contributed by atoms with Crippen molar-refractivity contribution in [1.29, 1.82) is 0 Å². The Morgan fingerprint density at radius 3 is 1.52 bits per heavy atom. The van der Waals surface area contributed by atoms with E-state index in [1.807, 2.05) is 72.8 Å². The third-order valence-electron chi connectivity index (χ3n) is 6.28. The van der Waals surface area contributed by atoms with Crippen molar-refractivity contribution < 1.29 is 28.6 Å². The minimum atomic E-state index is -4.66. The van der Waals surface area contributed by atoms with Crippen LogP contribution in [0.15, 0.2) is 109 Å². The summed E-state index contributed by atoms with van der Waals surface area (Å²) in [5.41, 5.74) is 9.61. The highest BCUT2D eigenvalue weighted by Crippen LogP contribution is 2.41. The molecule has 0 radical (unpaired) electrons. The molecule has 0 fully saturated rings.